The Morgan fingerprint density at radius 2 is 1.90 bits per heavy atom. The Balaban J connectivity index is 2.06. The second-order valence-electron chi connectivity index (χ2n) is 4.24. The number of sulfonamides is 1. The third-order valence-electron chi connectivity index (χ3n) is 2.69. The molecule has 0 fully saturated rings. The number of carbonyl (C=O) groups excluding carboxylic acids is 1. The number of nitrogens with one attached hydrogen (secondary N) is 3. The first-order valence-electron chi connectivity index (χ1n) is 6.12. The zero-order valence-electron chi connectivity index (χ0n) is 11.3. The average molecular weight is 309 g/mol. The van der Waals surface area contributed by atoms with Crippen LogP contribution in [-0.2, 0) is 10.0 Å². The minimum Gasteiger partial charge on any atom is -0.396 e. The quantitative estimate of drug-likeness (QED) is 0.654. The van der Waals surface area contributed by atoms with Crippen LogP contribution in [-0.4, -0.2) is 30.3 Å². The van der Waals surface area contributed by atoms with Gasteiger partial charge in [0, 0.05) is 11.4 Å². The molecule has 0 saturated carbocycles. The smallest absolute Gasteiger partial charge is 0.275 e. The zero-order chi connectivity index (χ0) is 15.5. The maximum atomic E-state index is 11.9. The number of amides is 1. The van der Waals surface area contributed by atoms with Gasteiger partial charge in [0.25, 0.3) is 5.91 Å². The zero-order valence-corrected chi connectivity index (χ0v) is 12.1. The van der Waals surface area contributed by atoms with Crippen LogP contribution in [0.1, 0.15) is 17.4 Å². The summed E-state index contributed by atoms with van der Waals surface area (Å²) in [6.07, 6.45) is 1.34. The number of nitrogens with zero attached hydrogens (tertiary/aromatic N) is 1. The first kappa shape index (κ1) is 14.9. The van der Waals surface area contributed by atoms with Crippen LogP contribution < -0.4 is 15.8 Å². The van der Waals surface area contributed by atoms with Crippen molar-refractivity contribution in [3.8, 4) is 0 Å². The van der Waals surface area contributed by atoms with Gasteiger partial charge in [-0.05, 0) is 31.2 Å². The summed E-state index contributed by atoms with van der Waals surface area (Å²) < 4.78 is 25.2. The van der Waals surface area contributed by atoms with Crippen molar-refractivity contribution in [1.29, 1.82) is 0 Å². The first-order valence-corrected chi connectivity index (χ1v) is 7.77. The van der Waals surface area contributed by atoms with Gasteiger partial charge in [-0.25, -0.2) is 8.42 Å². The lowest BCUT2D eigenvalue weighted by atomic mass is 10.2. The highest BCUT2D eigenvalue weighted by atomic mass is 32.2. The van der Waals surface area contributed by atoms with Gasteiger partial charge in [0.1, 0.15) is 5.69 Å². The van der Waals surface area contributed by atoms with E-state index >= 15 is 0 Å². The topological polar surface area (TPSA) is 130 Å². The number of rotatable bonds is 5. The first-order chi connectivity index (χ1) is 9.91. The highest BCUT2D eigenvalue weighted by molar-refractivity contribution is 7.92. The Hall–Kier alpha value is -2.55. The fourth-order valence-electron chi connectivity index (χ4n) is 1.54. The third-order valence-corrected chi connectivity index (χ3v) is 4.00. The van der Waals surface area contributed by atoms with Gasteiger partial charge in [0.05, 0.1) is 17.6 Å². The number of carbonyl (C=O) groups is 1. The van der Waals surface area contributed by atoms with E-state index in [4.69, 9.17) is 5.73 Å². The van der Waals surface area contributed by atoms with Crippen molar-refractivity contribution >= 4 is 33.0 Å². The Kier molecular flexibility index (Phi) is 4.13. The van der Waals surface area contributed by atoms with E-state index < -0.39 is 15.9 Å². The maximum absolute atomic E-state index is 11.9. The third kappa shape index (κ3) is 3.72. The number of nitrogens with two attached hydrogens (primary N) is 1. The molecule has 0 aliphatic heterocycles. The van der Waals surface area contributed by atoms with Crippen molar-refractivity contribution in [3.63, 3.8) is 0 Å². The Labute approximate surface area is 121 Å². The fraction of sp³-hybridized carbons (Fsp3) is 0.167. The predicted molar refractivity (Wildman–Crippen MR) is 80.5 cm³/mol. The number of hydrogen-bond donors (Lipinski definition) is 4. The standard InChI is InChI=1S/C12H15N5O3S/c1-2-21(19,20)17-9-5-3-8(4-6-9)15-12(18)11-10(13)7-14-16-11/h3-7,17H,2,13H2,1H3,(H,14,16)(H,15,18). The van der Waals surface area contributed by atoms with Crippen LogP contribution in [0.25, 0.3) is 0 Å². The molecule has 0 radical (unpaired) electrons. The summed E-state index contributed by atoms with van der Waals surface area (Å²) in [7, 11) is -3.32. The molecule has 0 atom stereocenters. The molecule has 0 aliphatic carbocycles. The van der Waals surface area contributed by atoms with Gasteiger partial charge in [-0.15, -0.1) is 0 Å². The van der Waals surface area contributed by atoms with Crippen molar-refractivity contribution in [2.24, 2.45) is 0 Å². The van der Waals surface area contributed by atoms with Gasteiger partial charge >= 0.3 is 0 Å². The molecule has 1 aromatic heterocycles. The molecule has 0 unspecified atom stereocenters. The summed E-state index contributed by atoms with van der Waals surface area (Å²) in [5.41, 5.74) is 6.93. The highest BCUT2D eigenvalue weighted by Gasteiger charge is 2.12. The van der Waals surface area contributed by atoms with Gasteiger partial charge in [0.2, 0.25) is 10.0 Å². The van der Waals surface area contributed by atoms with Crippen molar-refractivity contribution in [2.45, 2.75) is 6.92 Å². The van der Waals surface area contributed by atoms with Gasteiger partial charge in [0.15, 0.2) is 0 Å². The molecule has 0 spiro atoms. The summed E-state index contributed by atoms with van der Waals surface area (Å²) in [4.78, 5) is 11.9. The SMILES string of the molecule is CCS(=O)(=O)Nc1ccc(NC(=O)c2[nH]ncc2N)cc1. The number of hydrogen-bond acceptors (Lipinski definition) is 5. The summed E-state index contributed by atoms with van der Waals surface area (Å²) in [5.74, 6) is -0.434. The van der Waals surface area contributed by atoms with Crippen molar-refractivity contribution in [2.75, 3.05) is 21.5 Å². The number of aromatic amines is 1. The molecule has 1 amide bonds. The maximum Gasteiger partial charge on any atom is 0.275 e. The number of benzene rings is 1. The lowest BCUT2D eigenvalue weighted by Gasteiger charge is -2.08. The van der Waals surface area contributed by atoms with E-state index in [0.29, 0.717) is 11.4 Å². The van der Waals surface area contributed by atoms with Crippen LogP contribution in [0.4, 0.5) is 17.1 Å². The van der Waals surface area contributed by atoms with Crippen molar-refractivity contribution < 1.29 is 13.2 Å². The lowest BCUT2D eigenvalue weighted by Crippen LogP contribution is -2.15. The number of aromatic nitrogens is 2. The molecule has 9 heteroatoms. The Morgan fingerprint density at radius 1 is 1.29 bits per heavy atom. The fourth-order valence-corrected chi connectivity index (χ4v) is 2.18. The second-order valence-corrected chi connectivity index (χ2v) is 6.25. The van der Waals surface area contributed by atoms with E-state index in [-0.39, 0.29) is 17.1 Å². The molecular weight excluding hydrogens is 294 g/mol. The molecule has 5 N–H and O–H groups in total. The number of nitrogen functional groups attached to an aromatic ring is 1. The average Bonchev–Trinajstić information content (AvgIpc) is 2.87. The molecule has 1 aromatic carbocycles. The molecular formula is C12H15N5O3S. The number of anilines is 3. The molecule has 0 aliphatic rings. The van der Waals surface area contributed by atoms with E-state index in [9.17, 15) is 13.2 Å². The van der Waals surface area contributed by atoms with Gasteiger partial charge < -0.3 is 11.1 Å². The van der Waals surface area contributed by atoms with E-state index in [1.54, 1.807) is 31.2 Å². The van der Waals surface area contributed by atoms with Gasteiger partial charge in [-0.1, -0.05) is 0 Å². The molecule has 112 valence electrons. The summed E-state index contributed by atoms with van der Waals surface area (Å²) >= 11 is 0. The summed E-state index contributed by atoms with van der Waals surface area (Å²) in [5, 5.41) is 8.78. The van der Waals surface area contributed by atoms with E-state index in [0.717, 1.165) is 0 Å². The Morgan fingerprint density at radius 3 is 2.43 bits per heavy atom. The summed E-state index contributed by atoms with van der Waals surface area (Å²) in [6.45, 7) is 1.55. The van der Waals surface area contributed by atoms with Crippen LogP contribution in [0.2, 0.25) is 0 Å². The molecule has 0 bridgehead atoms. The lowest BCUT2D eigenvalue weighted by molar-refractivity contribution is 0.102. The molecule has 21 heavy (non-hydrogen) atoms. The predicted octanol–water partition coefficient (Wildman–Crippen LogP) is 1.01. The second kappa shape index (κ2) is 5.83. The molecule has 0 saturated heterocycles. The Bertz CT molecular complexity index is 737. The largest absolute Gasteiger partial charge is 0.396 e. The van der Waals surface area contributed by atoms with Gasteiger partial charge in [-0.3, -0.25) is 14.6 Å². The minimum absolute atomic E-state index is 0.00934. The summed E-state index contributed by atoms with van der Waals surface area (Å²) in [6, 6.07) is 6.27. The molecule has 8 nitrogen and oxygen atoms in total. The van der Waals surface area contributed by atoms with Crippen LogP contribution in [0.15, 0.2) is 30.5 Å². The van der Waals surface area contributed by atoms with Crippen LogP contribution in [0.3, 0.4) is 0 Å². The number of H-pyrrole nitrogens is 1. The van der Waals surface area contributed by atoms with E-state index in [1.165, 1.54) is 6.20 Å². The van der Waals surface area contributed by atoms with Crippen LogP contribution >= 0.6 is 0 Å². The molecule has 1 heterocycles. The monoisotopic (exact) mass is 309 g/mol. The minimum atomic E-state index is -3.32. The van der Waals surface area contributed by atoms with E-state index in [2.05, 4.69) is 20.2 Å². The highest BCUT2D eigenvalue weighted by Crippen LogP contribution is 2.16. The molecule has 2 aromatic rings. The van der Waals surface area contributed by atoms with Crippen LogP contribution in [0, 0.1) is 0 Å². The van der Waals surface area contributed by atoms with E-state index in [1.807, 2.05) is 0 Å². The van der Waals surface area contributed by atoms with Crippen LogP contribution in [0.5, 0.6) is 0 Å². The normalized spacial score (nSPS) is 11.1. The molecule has 2 rings (SSSR count). The van der Waals surface area contributed by atoms with Gasteiger partial charge in [-0.2, -0.15) is 5.10 Å². The van der Waals surface area contributed by atoms with Crippen molar-refractivity contribution in [1.82, 2.24) is 10.2 Å². The van der Waals surface area contributed by atoms with Crippen molar-refractivity contribution in [3.05, 3.63) is 36.2 Å².